The van der Waals surface area contributed by atoms with Gasteiger partial charge in [0.2, 0.25) is 0 Å². The number of hydrogen-bond acceptors (Lipinski definition) is 4. The summed E-state index contributed by atoms with van der Waals surface area (Å²) >= 11 is 0. The predicted molar refractivity (Wildman–Crippen MR) is 92.7 cm³/mol. The summed E-state index contributed by atoms with van der Waals surface area (Å²) in [5, 5.41) is 14.0. The van der Waals surface area contributed by atoms with Crippen molar-refractivity contribution in [2.45, 2.75) is 58.6 Å². The molecule has 0 bridgehead atoms. The number of aromatic nitrogens is 2. The summed E-state index contributed by atoms with van der Waals surface area (Å²) < 4.78 is 0. The van der Waals surface area contributed by atoms with Gasteiger partial charge in [-0.25, -0.2) is 4.98 Å². The fourth-order valence-electron chi connectivity index (χ4n) is 3.36. The van der Waals surface area contributed by atoms with E-state index in [1.165, 1.54) is 11.1 Å². The maximum atomic E-state index is 10.5. The average Bonchev–Trinajstić information content (AvgIpc) is 2.58. The van der Waals surface area contributed by atoms with E-state index in [4.69, 9.17) is 9.97 Å². The molecule has 2 atom stereocenters. The summed E-state index contributed by atoms with van der Waals surface area (Å²) in [6, 6.07) is 8.22. The first-order valence-electron chi connectivity index (χ1n) is 8.52. The van der Waals surface area contributed by atoms with Gasteiger partial charge in [0, 0.05) is 0 Å². The van der Waals surface area contributed by atoms with Gasteiger partial charge in [-0.05, 0) is 43.7 Å². The summed E-state index contributed by atoms with van der Waals surface area (Å²) in [4.78, 5) is 9.48. The number of rotatable bonds is 4. The van der Waals surface area contributed by atoms with Crippen molar-refractivity contribution in [3.8, 4) is 0 Å². The first-order valence-corrected chi connectivity index (χ1v) is 8.52. The summed E-state index contributed by atoms with van der Waals surface area (Å²) in [5.41, 5.74) is 5.47. The summed E-state index contributed by atoms with van der Waals surface area (Å²) in [6.45, 7) is 6.20. The van der Waals surface area contributed by atoms with Gasteiger partial charge in [0.05, 0.1) is 29.2 Å². The number of fused-ring (bicyclic) bond motifs is 1. The molecular weight excluding hydrogens is 286 g/mol. The van der Waals surface area contributed by atoms with Gasteiger partial charge >= 0.3 is 0 Å². The van der Waals surface area contributed by atoms with Crippen LogP contribution in [0.1, 0.15) is 54.5 Å². The zero-order valence-corrected chi connectivity index (χ0v) is 14.1. The van der Waals surface area contributed by atoms with Crippen molar-refractivity contribution >= 4 is 5.82 Å². The molecule has 0 spiro atoms. The second-order valence-electron chi connectivity index (χ2n) is 6.18. The molecule has 0 fully saturated rings. The van der Waals surface area contributed by atoms with Crippen LogP contribution in [0.2, 0.25) is 0 Å². The topological polar surface area (TPSA) is 58.0 Å². The maximum absolute atomic E-state index is 10.5. The van der Waals surface area contributed by atoms with Gasteiger partial charge in [-0.15, -0.1) is 0 Å². The molecule has 0 saturated carbocycles. The third kappa shape index (κ3) is 3.08. The van der Waals surface area contributed by atoms with Gasteiger partial charge in [0.1, 0.15) is 5.82 Å². The zero-order chi connectivity index (χ0) is 16.4. The Bertz CT molecular complexity index is 699. The Morgan fingerprint density at radius 2 is 1.87 bits per heavy atom. The molecule has 2 N–H and O–H groups in total. The third-order valence-electron chi connectivity index (χ3n) is 4.69. The van der Waals surface area contributed by atoms with Crippen molar-refractivity contribution in [2.24, 2.45) is 0 Å². The molecule has 0 radical (unpaired) electrons. The number of aliphatic hydroxyl groups is 1. The van der Waals surface area contributed by atoms with E-state index in [2.05, 4.69) is 37.4 Å². The number of nitrogens with zero attached hydrogens (tertiary/aromatic N) is 2. The van der Waals surface area contributed by atoms with E-state index in [9.17, 15) is 5.11 Å². The molecule has 23 heavy (non-hydrogen) atoms. The number of aliphatic hydroxyl groups excluding tert-OH is 1. The Morgan fingerprint density at radius 3 is 2.61 bits per heavy atom. The lowest BCUT2D eigenvalue weighted by Crippen LogP contribution is -2.31. The summed E-state index contributed by atoms with van der Waals surface area (Å²) in [7, 11) is 0. The van der Waals surface area contributed by atoms with Crippen LogP contribution in [-0.4, -0.2) is 21.2 Å². The molecule has 2 unspecified atom stereocenters. The normalized spacial score (nSPS) is 20.2. The van der Waals surface area contributed by atoms with Crippen LogP contribution >= 0.6 is 0 Å². The number of nitrogens with one attached hydrogen (secondary N) is 1. The van der Waals surface area contributed by atoms with Gasteiger partial charge in [-0.3, -0.25) is 4.98 Å². The second kappa shape index (κ2) is 6.67. The van der Waals surface area contributed by atoms with Gasteiger partial charge in [-0.2, -0.15) is 0 Å². The standard InChI is InChI=1S/C19H25N3O/c1-4-15-12(3)20-16(5-2)19(21-15)22-18-14-9-7-6-8-13(14)10-11-17(18)23/h6-9,17-18,23H,4-5,10-11H2,1-3H3,(H,21,22). The molecule has 0 saturated heterocycles. The molecule has 1 heterocycles. The Morgan fingerprint density at radius 1 is 1.13 bits per heavy atom. The second-order valence-corrected chi connectivity index (χ2v) is 6.18. The fraction of sp³-hybridized carbons (Fsp3) is 0.474. The first kappa shape index (κ1) is 15.9. The Hall–Kier alpha value is -1.94. The van der Waals surface area contributed by atoms with E-state index >= 15 is 0 Å². The van der Waals surface area contributed by atoms with Gasteiger partial charge < -0.3 is 10.4 Å². The van der Waals surface area contributed by atoms with Crippen LogP contribution in [0, 0.1) is 6.92 Å². The minimum atomic E-state index is -0.400. The number of hydrogen-bond donors (Lipinski definition) is 2. The SMILES string of the molecule is CCc1nc(NC2c3ccccc3CCC2O)c(CC)nc1C. The van der Waals surface area contributed by atoms with Crippen molar-refractivity contribution in [1.29, 1.82) is 0 Å². The number of benzene rings is 1. The highest BCUT2D eigenvalue weighted by Gasteiger charge is 2.28. The van der Waals surface area contributed by atoms with E-state index in [0.29, 0.717) is 0 Å². The Kier molecular flexibility index (Phi) is 4.62. The minimum Gasteiger partial charge on any atom is -0.391 e. The van der Waals surface area contributed by atoms with E-state index in [0.717, 1.165) is 48.6 Å². The summed E-state index contributed by atoms with van der Waals surface area (Å²) in [6.07, 6.45) is 2.99. The van der Waals surface area contributed by atoms with Crippen molar-refractivity contribution in [2.75, 3.05) is 5.32 Å². The molecule has 1 aliphatic rings. The third-order valence-corrected chi connectivity index (χ3v) is 4.69. The van der Waals surface area contributed by atoms with E-state index < -0.39 is 6.10 Å². The highest BCUT2D eigenvalue weighted by molar-refractivity contribution is 5.47. The zero-order valence-electron chi connectivity index (χ0n) is 14.1. The van der Waals surface area contributed by atoms with Gasteiger partial charge in [-0.1, -0.05) is 38.1 Å². The number of anilines is 1. The fourth-order valence-corrected chi connectivity index (χ4v) is 3.36. The van der Waals surface area contributed by atoms with Crippen molar-refractivity contribution in [1.82, 2.24) is 9.97 Å². The van der Waals surface area contributed by atoms with Gasteiger partial charge in [0.15, 0.2) is 0 Å². The van der Waals surface area contributed by atoms with Crippen molar-refractivity contribution < 1.29 is 5.11 Å². The Labute approximate surface area is 138 Å². The highest BCUT2D eigenvalue weighted by atomic mass is 16.3. The van der Waals surface area contributed by atoms with Crippen molar-refractivity contribution in [3.63, 3.8) is 0 Å². The molecule has 122 valence electrons. The van der Waals surface area contributed by atoms with Crippen LogP contribution in [0.3, 0.4) is 0 Å². The first-order chi connectivity index (χ1) is 11.1. The van der Waals surface area contributed by atoms with Crippen LogP contribution in [-0.2, 0) is 19.3 Å². The monoisotopic (exact) mass is 311 g/mol. The van der Waals surface area contributed by atoms with E-state index in [1.807, 2.05) is 13.0 Å². The van der Waals surface area contributed by atoms with E-state index in [-0.39, 0.29) is 6.04 Å². The lowest BCUT2D eigenvalue weighted by Gasteiger charge is -2.32. The molecule has 0 aliphatic heterocycles. The molecule has 4 nitrogen and oxygen atoms in total. The molecule has 1 aromatic heterocycles. The van der Waals surface area contributed by atoms with Crippen molar-refractivity contribution in [3.05, 3.63) is 52.5 Å². The molecular formula is C19H25N3O. The minimum absolute atomic E-state index is 0.119. The highest BCUT2D eigenvalue weighted by Crippen LogP contribution is 2.33. The lowest BCUT2D eigenvalue weighted by molar-refractivity contribution is 0.135. The molecule has 1 aliphatic carbocycles. The smallest absolute Gasteiger partial charge is 0.148 e. The predicted octanol–water partition coefficient (Wildman–Crippen LogP) is 3.37. The summed E-state index contributed by atoms with van der Waals surface area (Å²) in [5.74, 6) is 0.815. The van der Waals surface area contributed by atoms with Crippen LogP contribution in [0.25, 0.3) is 0 Å². The van der Waals surface area contributed by atoms with Crippen LogP contribution in [0.5, 0.6) is 0 Å². The molecule has 2 aromatic rings. The molecule has 3 rings (SSSR count). The molecule has 1 aromatic carbocycles. The van der Waals surface area contributed by atoms with Crippen LogP contribution < -0.4 is 5.32 Å². The number of aryl methyl sites for hydroxylation is 4. The largest absolute Gasteiger partial charge is 0.391 e. The maximum Gasteiger partial charge on any atom is 0.148 e. The molecule has 4 heteroatoms. The van der Waals surface area contributed by atoms with Crippen LogP contribution in [0.4, 0.5) is 5.82 Å². The average molecular weight is 311 g/mol. The Balaban J connectivity index is 1.98. The van der Waals surface area contributed by atoms with E-state index in [1.54, 1.807) is 0 Å². The molecule has 0 amide bonds. The van der Waals surface area contributed by atoms with Gasteiger partial charge in [0.25, 0.3) is 0 Å². The quantitative estimate of drug-likeness (QED) is 0.909. The lowest BCUT2D eigenvalue weighted by atomic mass is 9.85. The van der Waals surface area contributed by atoms with Crippen LogP contribution in [0.15, 0.2) is 24.3 Å².